The Balaban J connectivity index is 2.97. The Morgan fingerprint density at radius 1 is 1.64 bits per heavy atom. The Kier molecular flexibility index (Phi) is 2.48. The van der Waals surface area contributed by atoms with Crippen molar-refractivity contribution in [2.24, 2.45) is 5.73 Å². The molecule has 3 N–H and O–H groups in total. The van der Waals surface area contributed by atoms with Gasteiger partial charge in [-0.3, -0.25) is 9.35 Å². The molecular formula is C5H8N2O6S. The molecule has 1 fully saturated rings. The van der Waals surface area contributed by atoms with Crippen LogP contribution in [0.25, 0.3) is 0 Å². The van der Waals surface area contributed by atoms with E-state index in [0.29, 0.717) is 0 Å². The second-order valence-electron chi connectivity index (χ2n) is 2.61. The fourth-order valence-corrected chi connectivity index (χ4v) is 1.96. The van der Waals surface area contributed by atoms with Crippen molar-refractivity contribution in [3.8, 4) is 0 Å². The summed E-state index contributed by atoms with van der Waals surface area (Å²) in [5.74, 6) is -2.03. The fourth-order valence-electron chi connectivity index (χ4n) is 1.10. The highest BCUT2D eigenvalue weighted by Crippen LogP contribution is 2.22. The van der Waals surface area contributed by atoms with Crippen LogP contribution in [0.15, 0.2) is 0 Å². The van der Waals surface area contributed by atoms with Crippen LogP contribution in [-0.2, 0) is 24.6 Å². The Hall–Kier alpha value is -1.19. The van der Waals surface area contributed by atoms with Crippen LogP contribution in [0.1, 0.15) is 0 Å². The van der Waals surface area contributed by atoms with Crippen LogP contribution in [0.3, 0.4) is 0 Å². The van der Waals surface area contributed by atoms with Crippen molar-refractivity contribution in [3.63, 3.8) is 0 Å². The van der Waals surface area contributed by atoms with Crippen LogP contribution in [-0.4, -0.2) is 48.3 Å². The topological polar surface area (TPSA) is 127 Å². The van der Waals surface area contributed by atoms with Gasteiger partial charge in [-0.05, 0) is 0 Å². The third kappa shape index (κ3) is 1.45. The summed E-state index contributed by atoms with van der Waals surface area (Å²) in [7, 11) is -3.74. The third-order valence-corrected chi connectivity index (χ3v) is 2.69. The van der Waals surface area contributed by atoms with E-state index >= 15 is 0 Å². The van der Waals surface area contributed by atoms with Crippen LogP contribution >= 0.6 is 0 Å². The molecule has 0 saturated carbocycles. The molecule has 0 aliphatic carbocycles. The third-order valence-electron chi connectivity index (χ3n) is 1.79. The predicted octanol–water partition coefficient (Wildman–Crippen LogP) is -2.50. The first kappa shape index (κ1) is 10.9. The van der Waals surface area contributed by atoms with Crippen LogP contribution in [0, 0.1) is 0 Å². The molecule has 0 radical (unpaired) electrons. The molecule has 80 valence electrons. The quantitative estimate of drug-likeness (QED) is 0.301. The number of methoxy groups -OCH3 is 1. The molecule has 0 aromatic heterocycles. The highest BCUT2D eigenvalue weighted by atomic mass is 32.2. The fraction of sp³-hybridized carbons (Fsp3) is 0.600. The second kappa shape index (κ2) is 3.19. The molecule has 1 aliphatic heterocycles. The molecule has 0 spiro atoms. The summed E-state index contributed by atoms with van der Waals surface area (Å²) in [5.41, 5.74) is 5.16. The van der Waals surface area contributed by atoms with Gasteiger partial charge in [0.05, 0.1) is 7.11 Å². The zero-order chi connectivity index (χ0) is 11.1. The molecule has 14 heavy (non-hydrogen) atoms. The van der Waals surface area contributed by atoms with Crippen molar-refractivity contribution >= 4 is 22.2 Å². The zero-order valence-corrected chi connectivity index (χ0v) is 7.89. The van der Waals surface area contributed by atoms with Crippen molar-refractivity contribution in [3.05, 3.63) is 0 Å². The molecular weight excluding hydrogens is 216 g/mol. The van der Waals surface area contributed by atoms with E-state index in [1.165, 1.54) is 0 Å². The molecule has 0 bridgehead atoms. The smallest absolute Gasteiger partial charge is 0.363 e. The van der Waals surface area contributed by atoms with Crippen molar-refractivity contribution in [2.45, 2.75) is 12.1 Å². The molecule has 0 unspecified atom stereocenters. The molecule has 1 saturated heterocycles. The van der Waals surface area contributed by atoms with E-state index in [9.17, 15) is 18.0 Å². The van der Waals surface area contributed by atoms with Gasteiger partial charge in [-0.25, -0.2) is 4.79 Å². The van der Waals surface area contributed by atoms with Gasteiger partial charge < -0.3 is 10.5 Å². The lowest BCUT2D eigenvalue weighted by Crippen LogP contribution is -2.72. The van der Waals surface area contributed by atoms with Gasteiger partial charge in [-0.2, -0.15) is 12.7 Å². The molecule has 0 aromatic rings. The van der Waals surface area contributed by atoms with Crippen LogP contribution in [0.5, 0.6) is 0 Å². The summed E-state index contributed by atoms with van der Waals surface area (Å²) in [6.45, 7) is 0. The van der Waals surface area contributed by atoms with E-state index < -0.39 is 34.3 Å². The summed E-state index contributed by atoms with van der Waals surface area (Å²) in [4.78, 5) is 21.8. The van der Waals surface area contributed by atoms with Crippen LogP contribution in [0.2, 0.25) is 0 Å². The van der Waals surface area contributed by atoms with Crippen LogP contribution in [0.4, 0.5) is 0 Å². The SMILES string of the molecule is COC(=O)[C@H]1[C@@H](N)C(=O)N1S(=O)(=O)O. The molecule has 1 rings (SSSR count). The summed E-state index contributed by atoms with van der Waals surface area (Å²) < 4.78 is 33.9. The van der Waals surface area contributed by atoms with Crippen molar-refractivity contribution in [1.82, 2.24) is 4.31 Å². The monoisotopic (exact) mass is 224 g/mol. The number of hydrogen-bond acceptors (Lipinski definition) is 6. The molecule has 1 amide bonds. The second-order valence-corrected chi connectivity index (χ2v) is 3.89. The van der Waals surface area contributed by atoms with Gasteiger partial charge in [0.15, 0.2) is 6.04 Å². The highest BCUT2D eigenvalue weighted by molar-refractivity contribution is 7.84. The van der Waals surface area contributed by atoms with Gasteiger partial charge in [0.25, 0.3) is 5.91 Å². The van der Waals surface area contributed by atoms with E-state index in [4.69, 9.17) is 10.3 Å². The Labute approximate surface area is 79.5 Å². The Bertz CT molecular complexity index is 376. The van der Waals surface area contributed by atoms with Gasteiger partial charge in [-0.1, -0.05) is 0 Å². The van der Waals surface area contributed by atoms with E-state index in [0.717, 1.165) is 7.11 Å². The maximum atomic E-state index is 10.9. The Morgan fingerprint density at radius 2 is 2.14 bits per heavy atom. The maximum absolute atomic E-state index is 10.9. The Morgan fingerprint density at radius 3 is 2.50 bits per heavy atom. The largest absolute Gasteiger partial charge is 0.467 e. The first-order valence-corrected chi connectivity index (χ1v) is 4.84. The minimum atomic E-state index is -4.75. The number of carbonyl (C=O) groups is 2. The zero-order valence-electron chi connectivity index (χ0n) is 7.08. The summed E-state index contributed by atoms with van der Waals surface area (Å²) in [6.07, 6.45) is 0. The lowest BCUT2D eigenvalue weighted by Gasteiger charge is -2.39. The number of rotatable bonds is 2. The molecule has 1 heterocycles. The van der Waals surface area contributed by atoms with Crippen molar-refractivity contribution in [2.75, 3.05) is 7.11 Å². The average Bonchev–Trinajstić information content (AvgIpc) is 2.09. The van der Waals surface area contributed by atoms with E-state index in [2.05, 4.69) is 4.74 Å². The number of β-lactam (4-membered cyclic amide) rings is 1. The minimum Gasteiger partial charge on any atom is -0.467 e. The molecule has 1 aliphatic rings. The van der Waals surface area contributed by atoms with E-state index in [1.54, 1.807) is 0 Å². The first-order valence-electron chi connectivity index (χ1n) is 3.44. The lowest BCUT2D eigenvalue weighted by atomic mass is 10.0. The maximum Gasteiger partial charge on any atom is 0.363 e. The summed E-state index contributed by atoms with van der Waals surface area (Å²) in [6, 6.07) is -2.76. The van der Waals surface area contributed by atoms with Gasteiger partial charge in [-0.15, -0.1) is 0 Å². The van der Waals surface area contributed by atoms with Gasteiger partial charge in [0.2, 0.25) is 0 Å². The molecule has 9 heteroatoms. The summed E-state index contributed by atoms with van der Waals surface area (Å²) >= 11 is 0. The van der Waals surface area contributed by atoms with Crippen LogP contribution < -0.4 is 5.73 Å². The highest BCUT2D eigenvalue weighted by Gasteiger charge is 2.55. The predicted molar refractivity (Wildman–Crippen MR) is 42.2 cm³/mol. The first-order chi connectivity index (χ1) is 6.30. The van der Waals surface area contributed by atoms with Gasteiger partial charge in [0, 0.05) is 0 Å². The summed E-state index contributed by atoms with van der Waals surface area (Å²) in [5, 5.41) is 0. The number of esters is 1. The molecule has 0 aromatic carbocycles. The van der Waals surface area contributed by atoms with Gasteiger partial charge >= 0.3 is 16.3 Å². The van der Waals surface area contributed by atoms with Crippen molar-refractivity contribution < 1.29 is 27.3 Å². The molecule has 2 atom stereocenters. The molecule has 8 nitrogen and oxygen atoms in total. The number of nitrogens with zero attached hydrogens (tertiary/aromatic N) is 1. The van der Waals surface area contributed by atoms with E-state index in [-0.39, 0.29) is 4.31 Å². The number of nitrogens with two attached hydrogens (primary N) is 1. The van der Waals surface area contributed by atoms with E-state index in [1.807, 2.05) is 0 Å². The van der Waals surface area contributed by atoms with Gasteiger partial charge in [0.1, 0.15) is 6.04 Å². The number of amides is 1. The lowest BCUT2D eigenvalue weighted by molar-refractivity contribution is -0.160. The number of carbonyl (C=O) groups excluding carboxylic acids is 2. The normalized spacial score (nSPS) is 27.1. The number of hydrogen-bond donors (Lipinski definition) is 2. The standard InChI is InChI=1S/C5H8N2O6S/c1-13-5(9)3-2(6)4(8)7(3)14(10,11)12/h2-3H,6H2,1H3,(H,10,11,12)/t2-,3-/m1/s1. The minimum absolute atomic E-state index is 0.0104. The van der Waals surface area contributed by atoms with Crippen molar-refractivity contribution in [1.29, 1.82) is 0 Å². The average molecular weight is 224 g/mol. The number of ether oxygens (including phenoxy) is 1.